The first-order valence-electron chi connectivity index (χ1n) is 6.17. The standard InChI is InChI=1S/C12H17NO4S2/c1-3-9-5-6-10(18-9)19(16,17)13-8-4-7-12(13,2)11(14)15/h5-6H,3-4,7-8H2,1-2H3,(H,14,15). The molecule has 1 aliphatic heterocycles. The summed E-state index contributed by atoms with van der Waals surface area (Å²) in [5, 5.41) is 9.30. The van der Waals surface area contributed by atoms with E-state index >= 15 is 0 Å². The fraction of sp³-hybridized carbons (Fsp3) is 0.583. The third-order valence-electron chi connectivity index (χ3n) is 3.57. The van der Waals surface area contributed by atoms with E-state index in [4.69, 9.17) is 0 Å². The second-order valence-electron chi connectivity index (χ2n) is 4.83. The zero-order chi connectivity index (χ0) is 14.3. The predicted molar refractivity (Wildman–Crippen MR) is 72.9 cm³/mol. The summed E-state index contributed by atoms with van der Waals surface area (Å²) < 4.78 is 26.5. The Labute approximate surface area is 116 Å². The van der Waals surface area contributed by atoms with Gasteiger partial charge in [-0.3, -0.25) is 4.79 Å². The van der Waals surface area contributed by atoms with Crippen LogP contribution >= 0.6 is 11.3 Å². The summed E-state index contributed by atoms with van der Waals surface area (Å²) >= 11 is 1.22. The molecule has 0 aromatic carbocycles. The van der Waals surface area contributed by atoms with E-state index in [0.717, 1.165) is 15.6 Å². The van der Waals surface area contributed by atoms with Crippen LogP contribution in [0.1, 0.15) is 31.6 Å². The third-order valence-corrected chi connectivity index (χ3v) is 7.28. The smallest absolute Gasteiger partial charge is 0.324 e. The van der Waals surface area contributed by atoms with Crippen LogP contribution < -0.4 is 0 Å². The van der Waals surface area contributed by atoms with Gasteiger partial charge < -0.3 is 5.11 Å². The number of hydrogen-bond donors (Lipinski definition) is 1. The van der Waals surface area contributed by atoms with Crippen LogP contribution in [0.5, 0.6) is 0 Å². The van der Waals surface area contributed by atoms with Crippen molar-refractivity contribution in [2.45, 2.75) is 42.9 Å². The molecule has 2 rings (SSSR count). The van der Waals surface area contributed by atoms with Crippen molar-refractivity contribution in [3.8, 4) is 0 Å². The van der Waals surface area contributed by atoms with Gasteiger partial charge >= 0.3 is 5.97 Å². The van der Waals surface area contributed by atoms with E-state index in [-0.39, 0.29) is 10.8 Å². The molecule has 1 aromatic rings. The Hall–Kier alpha value is -0.920. The van der Waals surface area contributed by atoms with Crippen molar-refractivity contribution in [2.75, 3.05) is 6.54 Å². The van der Waals surface area contributed by atoms with E-state index in [1.807, 2.05) is 6.92 Å². The van der Waals surface area contributed by atoms with Crippen LogP contribution in [0, 0.1) is 0 Å². The molecular formula is C12H17NO4S2. The zero-order valence-electron chi connectivity index (χ0n) is 10.9. The fourth-order valence-electron chi connectivity index (χ4n) is 2.33. The maximum Gasteiger partial charge on any atom is 0.324 e. The molecule has 2 heterocycles. The maximum atomic E-state index is 12.6. The highest BCUT2D eigenvalue weighted by atomic mass is 32.2. The largest absolute Gasteiger partial charge is 0.480 e. The molecule has 1 fully saturated rings. The highest BCUT2D eigenvalue weighted by molar-refractivity contribution is 7.91. The van der Waals surface area contributed by atoms with Crippen LogP contribution in [-0.2, 0) is 21.2 Å². The van der Waals surface area contributed by atoms with Crippen molar-refractivity contribution in [3.05, 3.63) is 17.0 Å². The Morgan fingerprint density at radius 2 is 2.21 bits per heavy atom. The lowest BCUT2D eigenvalue weighted by Crippen LogP contribution is -2.50. The topological polar surface area (TPSA) is 74.7 Å². The van der Waals surface area contributed by atoms with Crippen molar-refractivity contribution < 1.29 is 18.3 Å². The van der Waals surface area contributed by atoms with E-state index in [0.29, 0.717) is 12.8 Å². The highest BCUT2D eigenvalue weighted by Crippen LogP contribution is 2.36. The monoisotopic (exact) mass is 303 g/mol. The average Bonchev–Trinajstić information content (AvgIpc) is 2.95. The summed E-state index contributed by atoms with van der Waals surface area (Å²) in [7, 11) is -3.71. The summed E-state index contributed by atoms with van der Waals surface area (Å²) in [6.07, 6.45) is 1.71. The number of hydrogen-bond acceptors (Lipinski definition) is 4. The lowest BCUT2D eigenvalue weighted by Gasteiger charge is -2.29. The van der Waals surface area contributed by atoms with Gasteiger partial charge in [0.2, 0.25) is 0 Å². The summed E-state index contributed by atoms with van der Waals surface area (Å²) in [5.41, 5.74) is -1.32. The summed E-state index contributed by atoms with van der Waals surface area (Å²) in [4.78, 5) is 12.4. The number of nitrogens with zero attached hydrogens (tertiary/aromatic N) is 1. The molecule has 1 unspecified atom stereocenters. The minimum atomic E-state index is -3.71. The first kappa shape index (κ1) is 14.5. The Morgan fingerprint density at radius 3 is 2.74 bits per heavy atom. The molecule has 106 valence electrons. The van der Waals surface area contributed by atoms with Gasteiger partial charge in [0.25, 0.3) is 10.0 Å². The molecule has 1 N–H and O–H groups in total. The Kier molecular flexibility index (Phi) is 3.72. The van der Waals surface area contributed by atoms with Crippen LogP contribution in [-0.4, -0.2) is 35.9 Å². The molecule has 19 heavy (non-hydrogen) atoms. The second-order valence-corrected chi connectivity index (χ2v) is 8.09. The number of rotatable bonds is 4. The molecular weight excluding hydrogens is 286 g/mol. The zero-order valence-corrected chi connectivity index (χ0v) is 12.6. The predicted octanol–water partition coefficient (Wildman–Crippen LogP) is 1.94. The number of aryl methyl sites for hydroxylation is 1. The van der Waals surface area contributed by atoms with Crippen LogP contribution in [0.25, 0.3) is 0 Å². The Morgan fingerprint density at radius 1 is 1.53 bits per heavy atom. The minimum Gasteiger partial charge on any atom is -0.480 e. The summed E-state index contributed by atoms with van der Waals surface area (Å²) in [6, 6.07) is 3.35. The van der Waals surface area contributed by atoms with Gasteiger partial charge in [-0.15, -0.1) is 11.3 Å². The molecule has 0 aliphatic carbocycles. The van der Waals surface area contributed by atoms with E-state index in [1.165, 1.54) is 18.3 Å². The van der Waals surface area contributed by atoms with Gasteiger partial charge in [-0.25, -0.2) is 8.42 Å². The molecule has 5 nitrogen and oxygen atoms in total. The van der Waals surface area contributed by atoms with Crippen molar-refractivity contribution in [2.24, 2.45) is 0 Å². The maximum absolute atomic E-state index is 12.6. The molecule has 0 bridgehead atoms. The quantitative estimate of drug-likeness (QED) is 0.922. The van der Waals surface area contributed by atoms with Gasteiger partial charge in [-0.1, -0.05) is 6.92 Å². The van der Waals surface area contributed by atoms with Crippen molar-refractivity contribution in [1.29, 1.82) is 0 Å². The minimum absolute atomic E-state index is 0.235. The third kappa shape index (κ3) is 2.30. The van der Waals surface area contributed by atoms with Gasteiger partial charge in [0.15, 0.2) is 0 Å². The first-order chi connectivity index (χ1) is 8.82. The number of carbonyl (C=O) groups is 1. The number of aliphatic carboxylic acids is 1. The average molecular weight is 303 g/mol. The number of thiophene rings is 1. The number of sulfonamides is 1. The SMILES string of the molecule is CCc1ccc(S(=O)(=O)N2CCCC2(C)C(=O)O)s1. The van der Waals surface area contributed by atoms with Crippen molar-refractivity contribution in [1.82, 2.24) is 4.31 Å². The van der Waals surface area contributed by atoms with E-state index < -0.39 is 21.5 Å². The van der Waals surface area contributed by atoms with Gasteiger partial charge in [-0.2, -0.15) is 4.31 Å². The van der Waals surface area contributed by atoms with Gasteiger partial charge in [0.1, 0.15) is 9.75 Å². The van der Waals surface area contributed by atoms with Crippen LogP contribution in [0.3, 0.4) is 0 Å². The molecule has 1 saturated heterocycles. The molecule has 0 radical (unpaired) electrons. The van der Waals surface area contributed by atoms with Crippen LogP contribution in [0.4, 0.5) is 0 Å². The van der Waals surface area contributed by atoms with Crippen molar-refractivity contribution >= 4 is 27.3 Å². The van der Waals surface area contributed by atoms with Crippen LogP contribution in [0.15, 0.2) is 16.3 Å². The summed E-state index contributed by atoms with van der Waals surface area (Å²) in [5.74, 6) is -1.08. The fourth-order valence-corrected chi connectivity index (χ4v) is 5.55. The van der Waals surface area contributed by atoms with Gasteiger partial charge in [0, 0.05) is 11.4 Å². The van der Waals surface area contributed by atoms with Gasteiger partial charge in [0.05, 0.1) is 0 Å². The number of carboxylic acids is 1. The molecule has 1 atom stereocenters. The second kappa shape index (κ2) is 4.88. The van der Waals surface area contributed by atoms with Gasteiger partial charge in [-0.05, 0) is 38.3 Å². The lowest BCUT2D eigenvalue weighted by atomic mass is 10.0. The molecule has 0 saturated carbocycles. The lowest BCUT2D eigenvalue weighted by molar-refractivity contribution is -0.146. The van der Waals surface area contributed by atoms with E-state index in [2.05, 4.69) is 0 Å². The molecule has 7 heteroatoms. The Bertz CT molecular complexity index is 593. The van der Waals surface area contributed by atoms with Crippen molar-refractivity contribution in [3.63, 3.8) is 0 Å². The Balaban J connectivity index is 2.42. The van der Waals surface area contributed by atoms with E-state index in [9.17, 15) is 18.3 Å². The normalized spacial score (nSPS) is 24.7. The highest BCUT2D eigenvalue weighted by Gasteiger charge is 2.50. The molecule has 1 aliphatic rings. The molecule has 0 amide bonds. The van der Waals surface area contributed by atoms with E-state index in [1.54, 1.807) is 12.1 Å². The summed E-state index contributed by atoms with van der Waals surface area (Å²) in [6.45, 7) is 3.71. The molecule has 0 spiro atoms. The molecule has 1 aromatic heterocycles. The van der Waals surface area contributed by atoms with Crippen LogP contribution in [0.2, 0.25) is 0 Å². The number of carboxylic acid groups (broad SMARTS) is 1. The first-order valence-corrected chi connectivity index (χ1v) is 8.43.